The van der Waals surface area contributed by atoms with Crippen LogP contribution in [-0.4, -0.2) is 30.3 Å². The molecule has 2 rings (SSSR count). The summed E-state index contributed by atoms with van der Waals surface area (Å²) in [6, 6.07) is 6.05. The number of halogens is 2. The quantitative estimate of drug-likeness (QED) is 0.773. The maximum Gasteiger partial charge on any atom is 0.387 e. The Morgan fingerprint density at radius 3 is 2.52 bits per heavy atom. The van der Waals surface area contributed by atoms with E-state index in [-0.39, 0.29) is 30.7 Å². The minimum absolute atomic E-state index is 0.0314. The Hall–Kier alpha value is -1.69. The highest BCUT2D eigenvalue weighted by Crippen LogP contribution is 2.33. The summed E-state index contributed by atoms with van der Waals surface area (Å²) < 4.78 is 28.3. The molecule has 0 bridgehead atoms. The van der Waals surface area contributed by atoms with Gasteiger partial charge in [-0.1, -0.05) is 12.1 Å². The van der Waals surface area contributed by atoms with Crippen LogP contribution in [0.4, 0.5) is 8.78 Å². The van der Waals surface area contributed by atoms with Gasteiger partial charge in [-0.3, -0.25) is 4.79 Å². The molecule has 116 valence electrons. The van der Waals surface area contributed by atoms with E-state index in [1.807, 2.05) is 0 Å². The Balaban J connectivity index is 1.84. The third kappa shape index (κ3) is 5.30. The van der Waals surface area contributed by atoms with Crippen LogP contribution in [0, 0.1) is 5.92 Å². The highest BCUT2D eigenvalue weighted by Gasteiger charge is 2.31. The van der Waals surface area contributed by atoms with Crippen molar-refractivity contribution in [1.82, 2.24) is 5.32 Å². The van der Waals surface area contributed by atoms with E-state index in [4.69, 9.17) is 5.11 Å². The van der Waals surface area contributed by atoms with E-state index >= 15 is 0 Å². The van der Waals surface area contributed by atoms with Crippen LogP contribution in [-0.2, 0) is 11.2 Å². The second-order valence-electron chi connectivity index (χ2n) is 5.22. The first kappa shape index (κ1) is 15.7. The largest absolute Gasteiger partial charge is 0.435 e. The summed E-state index contributed by atoms with van der Waals surface area (Å²) in [4.78, 5) is 11.9. The number of rotatable bonds is 8. The molecule has 0 aromatic heterocycles. The first-order valence-corrected chi connectivity index (χ1v) is 7.02. The summed E-state index contributed by atoms with van der Waals surface area (Å²) in [7, 11) is 0. The van der Waals surface area contributed by atoms with Gasteiger partial charge < -0.3 is 15.2 Å². The van der Waals surface area contributed by atoms with Gasteiger partial charge in [0.25, 0.3) is 0 Å². The number of nitrogens with one attached hydrogen (secondary N) is 1. The van der Waals surface area contributed by atoms with Gasteiger partial charge in [-0.25, -0.2) is 0 Å². The van der Waals surface area contributed by atoms with Crippen LogP contribution in [0.3, 0.4) is 0 Å². The Morgan fingerprint density at radius 1 is 1.33 bits per heavy atom. The molecule has 1 aliphatic carbocycles. The predicted octanol–water partition coefficient (Wildman–Crippen LogP) is 2.11. The van der Waals surface area contributed by atoms with Crippen LogP contribution in [0.25, 0.3) is 0 Å². The molecular formula is C15H19F2NO3. The molecule has 1 amide bonds. The lowest BCUT2D eigenvalue weighted by Gasteiger charge is -2.17. The van der Waals surface area contributed by atoms with Crippen LogP contribution >= 0.6 is 0 Å². The first-order chi connectivity index (χ1) is 10.1. The third-order valence-electron chi connectivity index (χ3n) is 3.49. The lowest BCUT2D eigenvalue weighted by atomic mass is 10.1. The van der Waals surface area contributed by atoms with E-state index in [0.29, 0.717) is 12.3 Å². The molecule has 1 unspecified atom stereocenters. The van der Waals surface area contributed by atoms with Crippen molar-refractivity contribution in [2.24, 2.45) is 5.92 Å². The number of carbonyl (C=O) groups is 1. The summed E-state index contributed by atoms with van der Waals surface area (Å²) in [5.74, 6) is 0.427. The summed E-state index contributed by atoms with van der Waals surface area (Å²) in [6.07, 6.45) is 2.93. The number of amides is 1. The van der Waals surface area contributed by atoms with E-state index in [9.17, 15) is 13.6 Å². The van der Waals surface area contributed by atoms with E-state index in [2.05, 4.69) is 10.1 Å². The van der Waals surface area contributed by atoms with Crippen LogP contribution in [0.15, 0.2) is 24.3 Å². The van der Waals surface area contributed by atoms with Gasteiger partial charge in [0.05, 0.1) is 6.42 Å². The molecule has 0 spiro atoms. The number of carbonyl (C=O) groups excluding carboxylic acids is 1. The summed E-state index contributed by atoms with van der Waals surface area (Å²) >= 11 is 0. The van der Waals surface area contributed by atoms with Crippen molar-refractivity contribution in [3.05, 3.63) is 29.8 Å². The number of ether oxygens (including phenoxy) is 1. The van der Waals surface area contributed by atoms with Crippen molar-refractivity contribution in [1.29, 1.82) is 0 Å². The van der Waals surface area contributed by atoms with Gasteiger partial charge in [0.2, 0.25) is 5.91 Å². The van der Waals surface area contributed by atoms with E-state index in [1.165, 1.54) is 12.1 Å². The summed E-state index contributed by atoms with van der Waals surface area (Å²) in [6.45, 7) is -2.79. The lowest BCUT2D eigenvalue weighted by Crippen LogP contribution is -2.38. The fourth-order valence-electron chi connectivity index (χ4n) is 2.30. The standard InChI is InChI=1S/C15H19F2NO3/c16-15(17)21-12-5-1-10(2-6-12)9-14(20)18-13(7-8-19)11-3-4-11/h1-2,5-6,11,13,15,19H,3-4,7-9H2,(H,18,20). The normalized spacial score (nSPS) is 15.8. The Labute approximate surface area is 122 Å². The smallest absolute Gasteiger partial charge is 0.387 e. The lowest BCUT2D eigenvalue weighted by molar-refractivity contribution is -0.121. The van der Waals surface area contributed by atoms with Crippen molar-refractivity contribution in [3.63, 3.8) is 0 Å². The predicted molar refractivity (Wildman–Crippen MR) is 73.1 cm³/mol. The highest BCUT2D eigenvalue weighted by atomic mass is 19.3. The molecule has 6 heteroatoms. The molecule has 0 saturated heterocycles. The van der Waals surface area contributed by atoms with Crippen molar-refractivity contribution in [2.75, 3.05) is 6.61 Å². The molecule has 0 heterocycles. The van der Waals surface area contributed by atoms with Gasteiger partial charge in [0.15, 0.2) is 0 Å². The molecule has 21 heavy (non-hydrogen) atoms. The maximum atomic E-state index is 12.0. The van der Waals surface area contributed by atoms with E-state index in [0.717, 1.165) is 18.4 Å². The number of hydrogen-bond acceptors (Lipinski definition) is 3. The van der Waals surface area contributed by atoms with Crippen LogP contribution in [0.2, 0.25) is 0 Å². The Bertz CT molecular complexity index is 460. The first-order valence-electron chi connectivity index (χ1n) is 7.02. The zero-order valence-electron chi connectivity index (χ0n) is 11.6. The van der Waals surface area contributed by atoms with Crippen LogP contribution < -0.4 is 10.1 Å². The Morgan fingerprint density at radius 2 is 2.00 bits per heavy atom. The van der Waals surface area contributed by atoms with Gasteiger partial charge in [-0.15, -0.1) is 0 Å². The molecule has 1 aromatic carbocycles. The highest BCUT2D eigenvalue weighted by molar-refractivity contribution is 5.79. The third-order valence-corrected chi connectivity index (χ3v) is 3.49. The summed E-state index contributed by atoms with van der Waals surface area (Å²) in [5.41, 5.74) is 0.729. The number of aliphatic hydroxyl groups excluding tert-OH is 1. The van der Waals surface area contributed by atoms with Gasteiger partial charge in [0.1, 0.15) is 5.75 Å². The van der Waals surface area contributed by atoms with Crippen molar-refractivity contribution in [3.8, 4) is 5.75 Å². The molecule has 1 fully saturated rings. The SMILES string of the molecule is O=C(Cc1ccc(OC(F)F)cc1)NC(CCO)C1CC1. The van der Waals surface area contributed by atoms with Gasteiger partial charge in [-0.05, 0) is 42.9 Å². The number of alkyl halides is 2. The number of hydrogen-bond donors (Lipinski definition) is 2. The van der Waals surface area contributed by atoms with Crippen molar-refractivity contribution >= 4 is 5.91 Å². The number of benzene rings is 1. The molecule has 1 aromatic rings. The Kier molecular flexibility index (Phi) is 5.50. The molecule has 1 saturated carbocycles. The minimum atomic E-state index is -2.85. The molecule has 1 atom stereocenters. The average Bonchev–Trinajstić information content (AvgIpc) is 3.24. The monoisotopic (exact) mass is 299 g/mol. The molecule has 0 aliphatic heterocycles. The van der Waals surface area contributed by atoms with Gasteiger partial charge >= 0.3 is 6.61 Å². The molecule has 2 N–H and O–H groups in total. The van der Waals surface area contributed by atoms with Crippen LogP contribution in [0.5, 0.6) is 5.75 Å². The summed E-state index contributed by atoms with van der Waals surface area (Å²) in [5, 5.41) is 11.9. The maximum absolute atomic E-state index is 12.0. The topological polar surface area (TPSA) is 58.6 Å². The van der Waals surface area contributed by atoms with E-state index < -0.39 is 6.61 Å². The van der Waals surface area contributed by atoms with Gasteiger partial charge in [-0.2, -0.15) is 8.78 Å². The van der Waals surface area contributed by atoms with E-state index in [1.54, 1.807) is 12.1 Å². The fourth-order valence-corrected chi connectivity index (χ4v) is 2.30. The minimum Gasteiger partial charge on any atom is -0.435 e. The zero-order valence-corrected chi connectivity index (χ0v) is 11.6. The van der Waals surface area contributed by atoms with Crippen molar-refractivity contribution in [2.45, 2.75) is 38.3 Å². The fraction of sp³-hybridized carbons (Fsp3) is 0.533. The second kappa shape index (κ2) is 7.36. The molecule has 0 radical (unpaired) electrons. The second-order valence-corrected chi connectivity index (χ2v) is 5.22. The zero-order chi connectivity index (χ0) is 15.2. The molecular weight excluding hydrogens is 280 g/mol. The average molecular weight is 299 g/mol. The number of aliphatic hydroxyl groups is 1. The molecule has 4 nitrogen and oxygen atoms in total. The van der Waals surface area contributed by atoms with Crippen LogP contribution in [0.1, 0.15) is 24.8 Å². The van der Waals surface area contributed by atoms with Gasteiger partial charge in [0, 0.05) is 12.6 Å². The molecule has 1 aliphatic rings. The van der Waals surface area contributed by atoms with Crippen molar-refractivity contribution < 1.29 is 23.4 Å².